The maximum atomic E-state index is 13.5. The SMILES string of the molecule is Cc1nc(N2C[C@@H]3C[C@H](C2)c2ccc(CN4CCC(F)(F)C4)c(=O)n2C3)cc(=O)[nH]1. The zero-order chi connectivity index (χ0) is 21.0. The number of aromatic nitrogens is 3. The van der Waals surface area contributed by atoms with Crippen LogP contribution >= 0.6 is 0 Å². The lowest BCUT2D eigenvalue weighted by Crippen LogP contribution is -2.48. The van der Waals surface area contributed by atoms with Gasteiger partial charge in [-0.2, -0.15) is 0 Å². The molecule has 5 heterocycles. The van der Waals surface area contributed by atoms with E-state index in [1.165, 1.54) is 6.07 Å². The van der Waals surface area contributed by atoms with E-state index < -0.39 is 5.92 Å². The summed E-state index contributed by atoms with van der Waals surface area (Å²) in [4.78, 5) is 35.9. The van der Waals surface area contributed by atoms with Gasteiger partial charge in [-0.3, -0.25) is 14.5 Å². The summed E-state index contributed by atoms with van der Waals surface area (Å²) < 4.78 is 28.8. The zero-order valence-electron chi connectivity index (χ0n) is 16.9. The summed E-state index contributed by atoms with van der Waals surface area (Å²) in [7, 11) is 0. The standard InChI is InChI=1S/C21H25F2N5O2/c1-13-24-18(7-19(29)25-13)27-8-14-6-16(11-27)17-3-2-15(20(30)28(17)9-14)10-26-5-4-21(22,23)12-26/h2-3,7,14,16H,4-6,8-12H2,1H3,(H,24,25,29)/t14-,16+/m0/s1. The zero-order valence-corrected chi connectivity index (χ0v) is 16.9. The highest BCUT2D eigenvalue weighted by molar-refractivity contribution is 5.40. The normalized spacial score (nSPS) is 25.4. The molecule has 3 aliphatic rings. The van der Waals surface area contributed by atoms with Crippen LogP contribution in [-0.4, -0.2) is 51.5 Å². The smallest absolute Gasteiger partial charge is 0.261 e. The molecule has 0 amide bonds. The topological polar surface area (TPSA) is 74.2 Å². The number of fused-ring (bicyclic) bond motifs is 4. The highest BCUT2D eigenvalue weighted by Gasteiger charge is 2.39. The van der Waals surface area contributed by atoms with E-state index in [-0.39, 0.29) is 42.5 Å². The second kappa shape index (κ2) is 7.01. The highest BCUT2D eigenvalue weighted by atomic mass is 19.3. The molecule has 7 nitrogen and oxygen atoms in total. The van der Waals surface area contributed by atoms with E-state index >= 15 is 0 Å². The number of rotatable bonds is 3. The number of nitrogens with zero attached hydrogens (tertiary/aromatic N) is 4. The van der Waals surface area contributed by atoms with Crippen molar-refractivity contribution in [2.75, 3.05) is 31.1 Å². The Labute approximate surface area is 172 Å². The van der Waals surface area contributed by atoms with E-state index in [1.807, 2.05) is 10.6 Å². The number of alkyl halides is 2. The first-order chi connectivity index (χ1) is 14.3. The molecule has 9 heteroatoms. The molecule has 2 fully saturated rings. The summed E-state index contributed by atoms with van der Waals surface area (Å²) in [5, 5.41) is 0. The Kier molecular flexibility index (Phi) is 4.53. The van der Waals surface area contributed by atoms with Crippen molar-refractivity contribution in [3.8, 4) is 0 Å². The summed E-state index contributed by atoms with van der Waals surface area (Å²) >= 11 is 0. The largest absolute Gasteiger partial charge is 0.355 e. The summed E-state index contributed by atoms with van der Waals surface area (Å²) in [6.45, 7) is 4.11. The third-order valence-electron chi connectivity index (χ3n) is 6.50. The number of piperidine rings is 1. The van der Waals surface area contributed by atoms with Crippen molar-refractivity contribution in [3.63, 3.8) is 0 Å². The van der Waals surface area contributed by atoms with Crippen LogP contribution in [0.25, 0.3) is 0 Å². The molecule has 2 aromatic rings. The Morgan fingerprint density at radius 2 is 2.07 bits per heavy atom. The molecule has 160 valence electrons. The molecule has 0 aromatic carbocycles. The van der Waals surface area contributed by atoms with E-state index in [0.717, 1.165) is 18.7 Å². The molecule has 0 spiro atoms. The van der Waals surface area contributed by atoms with Gasteiger partial charge in [-0.1, -0.05) is 6.07 Å². The van der Waals surface area contributed by atoms with Crippen molar-refractivity contribution < 1.29 is 8.78 Å². The summed E-state index contributed by atoms with van der Waals surface area (Å²) in [5.41, 5.74) is 1.34. The fourth-order valence-electron chi connectivity index (χ4n) is 5.21. The van der Waals surface area contributed by atoms with Crippen molar-refractivity contribution in [2.24, 2.45) is 5.92 Å². The second-order valence-electron chi connectivity index (χ2n) is 8.91. The lowest BCUT2D eigenvalue weighted by molar-refractivity contribution is 0.0114. The fraction of sp³-hybridized carbons (Fsp3) is 0.571. The average Bonchev–Trinajstić information content (AvgIpc) is 3.02. The Hall–Kier alpha value is -2.55. The third-order valence-corrected chi connectivity index (χ3v) is 6.50. The van der Waals surface area contributed by atoms with E-state index in [1.54, 1.807) is 17.9 Å². The van der Waals surface area contributed by atoms with Gasteiger partial charge < -0.3 is 14.5 Å². The molecule has 2 aromatic heterocycles. The Balaban J connectivity index is 1.40. The molecule has 2 saturated heterocycles. The molecule has 1 N–H and O–H groups in total. The van der Waals surface area contributed by atoms with Crippen LogP contribution < -0.4 is 16.0 Å². The minimum absolute atomic E-state index is 0.0593. The van der Waals surface area contributed by atoms with Crippen LogP contribution in [0, 0.1) is 12.8 Å². The van der Waals surface area contributed by atoms with Gasteiger partial charge in [-0.05, 0) is 25.3 Å². The molecular formula is C21H25F2N5O2. The van der Waals surface area contributed by atoms with E-state index in [9.17, 15) is 18.4 Å². The first-order valence-electron chi connectivity index (χ1n) is 10.4. The van der Waals surface area contributed by atoms with Gasteiger partial charge in [-0.25, -0.2) is 13.8 Å². The highest BCUT2D eigenvalue weighted by Crippen LogP contribution is 2.36. The lowest BCUT2D eigenvalue weighted by atomic mass is 9.83. The van der Waals surface area contributed by atoms with E-state index in [2.05, 4.69) is 14.9 Å². The van der Waals surface area contributed by atoms with Crippen molar-refractivity contribution >= 4 is 5.82 Å². The molecule has 2 bridgehead atoms. The summed E-state index contributed by atoms with van der Waals surface area (Å²) in [6, 6.07) is 5.31. The molecular weight excluding hydrogens is 392 g/mol. The first-order valence-corrected chi connectivity index (χ1v) is 10.4. The Bertz CT molecular complexity index is 1100. The van der Waals surface area contributed by atoms with Gasteiger partial charge in [0, 0.05) is 62.4 Å². The number of aromatic amines is 1. The molecule has 0 unspecified atom stereocenters. The molecule has 0 radical (unpaired) electrons. The predicted octanol–water partition coefficient (Wildman–Crippen LogP) is 1.70. The number of hydrogen-bond acceptors (Lipinski definition) is 5. The minimum atomic E-state index is -2.66. The molecule has 30 heavy (non-hydrogen) atoms. The second-order valence-corrected chi connectivity index (χ2v) is 8.91. The molecule has 5 rings (SSSR count). The predicted molar refractivity (Wildman–Crippen MR) is 108 cm³/mol. The van der Waals surface area contributed by atoms with E-state index in [4.69, 9.17) is 0 Å². The number of likely N-dealkylation sites (tertiary alicyclic amines) is 1. The van der Waals surface area contributed by atoms with Gasteiger partial charge in [0.25, 0.3) is 17.0 Å². The molecule has 2 atom stereocenters. The maximum absolute atomic E-state index is 13.5. The van der Waals surface area contributed by atoms with Crippen molar-refractivity contribution in [1.29, 1.82) is 0 Å². The summed E-state index contributed by atoms with van der Waals surface area (Å²) in [5.74, 6) is -0.940. The molecule has 0 saturated carbocycles. The van der Waals surface area contributed by atoms with Crippen LogP contribution in [0.15, 0.2) is 27.8 Å². The Morgan fingerprint density at radius 1 is 1.23 bits per heavy atom. The molecule has 3 aliphatic heterocycles. The lowest BCUT2D eigenvalue weighted by Gasteiger charge is -2.43. The average molecular weight is 417 g/mol. The van der Waals surface area contributed by atoms with Gasteiger partial charge in [0.1, 0.15) is 11.6 Å². The number of hydrogen-bond donors (Lipinski definition) is 1. The van der Waals surface area contributed by atoms with Crippen LogP contribution in [0.5, 0.6) is 0 Å². The number of halogens is 2. The van der Waals surface area contributed by atoms with Crippen molar-refractivity contribution in [1.82, 2.24) is 19.4 Å². The quantitative estimate of drug-likeness (QED) is 0.823. The van der Waals surface area contributed by atoms with Crippen molar-refractivity contribution in [2.45, 2.75) is 44.7 Å². The monoisotopic (exact) mass is 417 g/mol. The number of pyridine rings is 1. The summed E-state index contributed by atoms with van der Waals surface area (Å²) in [6.07, 6.45) is 0.852. The van der Waals surface area contributed by atoms with E-state index in [0.29, 0.717) is 36.8 Å². The van der Waals surface area contributed by atoms with Gasteiger partial charge in [-0.15, -0.1) is 0 Å². The van der Waals surface area contributed by atoms with Gasteiger partial charge in [0.05, 0.1) is 6.54 Å². The van der Waals surface area contributed by atoms with Crippen LogP contribution in [0.3, 0.4) is 0 Å². The maximum Gasteiger partial charge on any atom is 0.261 e. The number of nitrogens with one attached hydrogen (secondary N) is 1. The van der Waals surface area contributed by atoms with Crippen LogP contribution in [0.1, 0.15) is 35.8 Å². The van der Waals surface area contributed by atoms with Gasteiger partial charge in [0.2, 0.25) is 0 Å². The third kappa shape index (κ3) is 3.55. The van der Waals surface area contributed by atoms with Crippen LogP contribution in [0.2, 0.25) is 0 Å². The number of aryl methyl sites for hydroxylation is 1. The van der Waals surface area contributed by atoms with Gasteiger partial charge in [0.15, 0.2) is 0 Å². The fourth-order valence-corrected chi connectivity index (χ4v) is 5.21. The molecule has 0 aliphatic carbocycles. The number of H-pyrrole nitrogens is 1. The minimum Gasteiger partial charge on any atom is -0.355 e. The van der Waals surface area contributed by atoms with Crippen LogP contribution in [0.4, 0.5) is 14.6 Å². The van der Waals surface area contributed by atoms with Crippen LogP contribution in [-0.2, 0) is 13.1 Å². The number of anilines is 1. The van der Waals surface area contributed by atoms with Gasteiger partial charge >= 0.3 is 0 Å². The Morgan fingerprint density at radius 3 is 2.80 bits per heavy atom. The first kappa shape index (κ1) is 19.4. The van der Waals surface area contributed by atoms with Crippen molar-refractivity contribution in [3.05, 3.63) is 56.0 Å².